The number of pyridine rings is 1. The number of rotatable bonds is 5. The number of carbonyl (C=O) groups is 1. The van der Waals surface area contributed by atoms with Crippen LogP contribution in [0.5, 0.6) is 5.75 Å². The predicted octanol–water partition coefficient (Wildman–Crippen LogP) is 3.40. The SMILES string of the molecule is COc1ccc(CN2CCN(Cc3c(C)ccc4ncccc34)CC2=O)cc1. The number of hydrogen-bond donors (Lipinski definition) is 0. The molecule has 4 rings (SSSR count). The molecule has 144 valence electrons. The number of nitrogens with zero attached hydrogens (tertiary/aromatic N) is 3. The van der Waals surface area contributed by atoms with E-state index in [1.54, 1.807) is 7.11 Å². The second kappa shape index (κ2) is 7.98. The van der Waals surface area contributed by atoms with Crippen LogP contribution in [0.3, 0.4) is 0 Å². The largest absolute Gasteiger partial charge is 0.497 e. The van der Waals surface area contributed by atoms with Crippen molar-refractivity contribution in [3.8, 4) is 5.75 Å². The molecule has 1 aromatic heterocycles. The van der Waals surface area contributed by atoms with Gasteiger partial charge in [0.2, 0.25) is 5.91 Å². The predicted molar refractivity (Wildman–Crippen MR) is 110 cm³/mol. The normalized spacial score (nSPS) is 15.2. The summed E-state index contributed by atoms with van der Waals surface area (Å²) in [6, 6.07) is 16.2. The van der Waals surface area contributed by atoms with Crippen LogP contribution < -0.4 is 4.74 Å². The zero-order valence-corrected chi connectivity index (χ0v) is 16.4. The summed E-state index contributed by atoms with van der Waals surface area (Å²) >= 11 is 0. The highest BCUT2D eigenvalue weighted by molar-refractivity contribution is 5.83. The fourth-order valence-corrected chi connectivity index (χ4v) is 3.77. The summed E-state index contributed by atoms with van der Waals surface area (Å²) in [6.45, 7) is 5.62. The van der Waals surface area contributed by atoms with E-state index >= 15 is 0 Å². The fourth-order valence-electron chi connectivity index (χ4n) is 3.77. The average Bonchev–Trinajstić information content (AvgIpc) is 2.72. The lowest BCUT2D eigenvalue weighted by molar-refractivity contribution is -0.136. The molecule has 1 aliphatic rings. The van der Waals surface area contributed by atoms with E-state index < -0.39 is 0 Å². The molecule has 0 unspecified atom stereocenters. The Morgan fingerprint density at radius 1 is 1.04 bits per heavy atom. The van der Waals surface area contributed by atoms with E-state index in [2.05, 4.69) is 35.0 Å². The van der Waals surface area contributed by atoms with Crippen molar-refractivity contribution in [3.05, 3.63) is 71.4 Å². The van der Waals surface area contributed by atoms with Gasteiger partial charge in [-0.3, -0.25) is 14.7 Å². The first-order valence-electron chi connectivity index (χ1n) is 9.60. The maximum Gasteiger partial charge on any atom is 0.237 e. The van der Waals surface area contributed by atoms with Crippen LogP contribution >= 0.6 is 0 Å². The zero-order chi connectivity index (χ0) is 19.5. The van der Waals surface area contributed by atoms with Crippen molar-refractivity contribution in [3.63, 3.8) is 0 Å². The molecule has 2 aromatic carbocycles. The van der Waals surface area contributed by atoms with Crippen molar-refractivity contribution < 1.29 is 9.53 Å². The van der Waals surface area contributed by atoms with Gasteiger partial charge in [-0.15, -0.1) is 0 Å². The van der Waals surface area contributed by atoms with Gasteiger partial charge in [0.05, 0.1) is 19.2 Å². The number of hydrogen-bond acceptors (Lipinski definition) is 4. The quantitative estimate of drug-likeness (QED) is 0.686. The summed E-state index contributed by atoms with van der Waals surface area (Å²) in [5.41, 5.74) is 4.64. The standard InChI is InChI=1S/C23H25N3O2/c1-17-5-10-22-20(4-3-11-24-22)21(17)15-25-12-13-26(23(27)16-25)14-18-6-8-19(28-2)9-7-18/h3-11H,12-16H2,1-2H3. The van der Waals surface area contributed by atoms with Gasteiger partial charge in [-0.1, -0.05) is 24.3 Å². The molecule has 1 saturated heterocycles. The van der Waals surface area contributed by atoms with Crippen molar-refractivity contribution in [2.75, 3.05) is 26.7 Å². The lowest BCUT2D eigenvalue weighted by Crippen LogP contribution is -2.49. The molecule has 0 aliphatic carbocycles. The van der Waals surface area contributed by atoms with Gasteiger partial charge in [-0.05, 0) is 47.9 Å². The fraction of sp³-hybridized carbons (Fsp3) is 0.304. The number of methoxy groups -OCH3 is 1. The molecule has 0 saturated carbocycles. The lowest BCUT2D eigenvalue weighted by Gasteiger charge is -2.34. The minimum Gasteiger partial charge on any atom is -0.497 e. The van der Waals surface area contributed by atoms with Crippen LogP contribution in [0.1, 0.15) is 16.7 Å². The molecule has 0 radical (unpaired) electrons. The number of benzene rings is 2. The number of ether oxygens (including phenoxy) is 1. The van der Waals surface area contributed by atoms with E-state index in [1.165, 1.54) is 16.5 Å². The summed E-state index contributed by atoms with van der Waals surface area (Å²) in [4.78, 5) is 21.4. The Morgan fingerprint density at radius 2 is 1.86 bits per heavy atom. The number of carbonyl (C=O) groups excluding carboxylic acids is 1. The molecule has 0 bridgehead atoms. The molecule has 0 atom stereocenters. The number of aromatic nitrogens is 1. The van der Waals surface area contributed by atoms with Crippen LogP contribution in [-0.4, -0.2) is 47.4 Å². The van der Waals surface area contributed by atoms with E-state index in [9.17, 15) is 4.79 Å². The van der Waals surface area contributed by atoms with Gasteiger partial charge >= 0.3 is 0 Å². The maximum absolute atomic E-state index is 12.7. The Balaban J connectivity index is 1.43. The van der Waals surface area contributed by atoms with Crippen molar-refractivity contribution in [2.45, 2.75) is 20.0 Å². The Hall–Kier alpha value is -2.92. The molecular formula is C23H25N3O2. The second-order valence-corrected chi connectivity index (χ2v) is 7.31. The zero-order valence-electron chi connectivity index (χ0n) is 16.4. The van der Waals surface area contributed by atoms with Crippen molar-refractivity contribution in [1.82, 2.24) is 14.8 Å². The van der Waals surface area contributed by atoms with E-state index in [4.69, 9.17) is 4.74 Å². The Bertz CT molecular complexity index is 985. The van der Waals surface area contributed by atoms with Gasteiger partial charge in [0, 0.05) is 37.8 Å². The number of fused-ring (bicyclic) bond motifs is 1. The Kier molecular flexibility index (Phi) is 5.26. The monoisotopic (exact) mass is 375 g/mol. The maximum atomic E-state index is 12.7. The molecule has 3 aromatic rings. The Morgan fingerprint density at radius 3 is 2.61 bits per heavy atom. The average molecular weight is 375 g/mol. The second-order valence-electron chi connectivity index (χ2n) is 7.31. The van der Waals surface area contributed by atoms with Crippen LogP contribution in [-0.2, 0) is 17.9 Å². The topological polar surface area (TPSA) is 45.7 Å². The molecule has 5 heteroatoms. The van der Waals surface area contributed by atoms with E-state index in [0.717, 1.165) is 36.5 Å². The smallest absolute Gasteiger partial charge is 0.237 e. The van der Waals surface area contributed by atoms with Crippen molar-refractivity contribution in [2.24, 2.45) is 0 Å². The molecule has 2 heterocycles. The summed E-state index contributed by atoms with van der Waals surface area (Å²) in [7, 11) is 1.66. The van der Waals surface area contributed by atoms with Crippen LogP contribution in [0.25, 0.3) is 10.9 Å². The van der Waals surface area contributed by atoms with Crippen molar-refractivity contribution >= 4 is 16.8 Å². The van der Waals surface area contributed by atoms with Gasteiger partial charge in [0.1, 0.15) is 5.75 Å². The number of piperazine rings is 1. The molecule has 0 N–H and O–H groups in total. The molecular weight excluding hydrogens is 350 g/mol. The van der Waals surface area contributed by atoms with E-state index in [-0.39, 0.29) is 5.91 Å². The van der Waals surface area contributed by atoms with Crippen molar-refractivity contribution in [1.29, 1.82) is 0 Å². The third-order valence-corrected chi connectivity index (χ3v) is 5.44. The minimum absolute atomic E-state index is 0.179. The van der Waals surface area contributed by atoms with Crippen LogP contribution in [0.15, 0.2) is 54.7 Å². The first kappa shape index (κ1) is 18.4. The first-order chi connectivity index (χ1) is 13.6. The van der Waals surface area contributed by atoms with Gasteiger partial charge in [-0.25, -0.2) is 0 Å². The molecule has 0 spiro atoms. The Labute approximate surface area is 165 Å². The summed E-state index contributed by atoms with van der Waals surface area (Å²) in [6.07, 6.45) is 1.82. The van der Waals surface area contributed by atoms with Gasteiger partial charge in [0.15, 0.2) is 0 Å². The van der Waals surface area contributed by atoms with E-state index in [1.807, 2.05) is 41.4 Å². The summed E-state index contributed by atoms with van der Waals surface area (Å²) in [5.74, 6) is 1.01. The summed E-state index contributed by atoms with van der Waals surface area (Å²) < 4.78 is 5.20. The van der Waals surface area contributed by atoms with Crippen LogP contribution in [0.2, 0.25) is 0 Å². The molecule has 1 amide bonds. The molecule has 1 fully saturated rings. The third-order valence-electron chi connectivity index (χ3n) is 5.44. The minimum atomic E-state index is 0.179. The molecule has 28 heavy (non-hydrogen) atoms. The van der Waals surface area contributed by atoms with Gasteiger partial charge in [-0.2, -0.15) is 0 Å². The van der Waals surface area contributed by atoms with Gasteiger partial charge < -0.3 is 9.64 Å². The van der Waals surface area contributed by atoms with Gasteiger partial charge in [0.25, 0.3) is 0 Å². The van der Waals surface area contributed by atoms with Crippen LogP contribution in [0.4, 0.5) is 0 Å². The highest BCUT2D eigenvalue weighted by Crippen LogP contribution is 2.23. The summed E-state index contributed by atoms with van der Waals surface area (Å²) in [5, 5.41) is 1.18. The third kappa shape index (κ3) is 3.85. The number of aryl methyl sites for hydroxylation is 1. The molecule has 5 nitrogen and oxygen atoms in total. The van der Waals surface area contributed by atoms with Crippen LogP contribution in [0, 0.1) is 6.92 Å². The van der Waals surface area contributed by atoms with E-state index in [0.29, 0.717) is 13.1 Å². The highest BCUT2D eigenvalue weighted by atomic mass is 16.5. The molecule has 1 aliphatic heterocycles. The number of amides is 1. The first-order valence-corrected chi connectivity index (χ1v) is 9.60. The highest BCUT2D eigenvalue weighted by Gasteiger charge is 2.24. The lowest BCUT2D eigenvalue weighted by atomic mass is 10.0.